The van der Waals surface area contributed by atoms with E-state index in [2.05, 4.69) is 40.3 Å². The lowest BCUT2D eigenvalue weighted by Crippen LogP contribution is -2.33. The van der Waals surface area contributed by atoms with Crippen LogP contribution in [0.5, 0.6) is 0 Å². The van der Waals surface area contributed by atoms with Gasteiger partial charge in [-0.25, -0.2) is 4.98 Å². The number of methoxy groups -OCH3 is 1. The van der Waals surface area contributed by atoms with Gasteiger partial charge in [0.1, 0.15) is 11.9 Å². The van der Waals surface area contributed by atoms with Gasteiger partial charge in [-0.1, -0.05) is 25.7 Å². The summed E-state index contributed by atoms with van der Waals surface area (Å²) in [6, 6.07) is 4.96. The van der Waals surface area contributed by atoms with Gasteiger partial charge in [0.15, 0.2) is 0 Å². The molecule has 1 aromatic heterocycles. The van der Waals surface area contributed by atoms with E-state index in [-0.39, 0.29) is 17.9 Å². The van der Waals surface area contributed by atoms with E-state index in [1.165, 1.54) is 37.6 Å². The molecule has 0 bridgehead atoms. The van der Waals surface area contributed by atoms with Crippen molar-refractivity contribution in [1.29, 1.82) is 0 Å². The fourth-order valence-electron chi connectivity index (χ4n) is 6.46. The van der Waals surface area contributed by atoms with E-state index in [4.69, 9.17) is 9.78 Å². The van der Waals surface area contributed by atoms with Crippen LogP contribution < -0.4 is 4.90 Å². The van der Waals surface area contributed by atoms with Crippen molar-refractivity contribution in [1.82, 2.24) is 9.55 Å². The zero-order valence-electron chi connectivity index (χ0n) is 21.9. The van der Waals surface area contributed by atoms with E-state index >= 15 is 0 Å². The number of benzene rings is 1. The number of carbonyl (C=O) groups is 2. The molecule has 2 N–H and O–H groups in total. The number of aromatic nitrogens is 2. The third-order valence-electron chi connectivity index (χ3n) is 8.64. The minimum Gasteiger partial charge on any atom is -0.481 e. The molecule has 198 valence electrons. The van der Waals surface area contributed by atoms with Gasteiger partial charge in [-0.05, 0) is 69.9 Å². The Morgan fingerprint density at radius 1 is 1.14 bits per heavy atom. The van der Waals surface area contributed by atoms with Gasteiger partial charge in [0, 0.05) is 30.4 Å². The number of aliphatic hydroxyl groups excluding tert-OH is 1. The van der Waals surface area contributed by atoms with Gasteiger partial charge in [-0.2, -0.15) is 0 Å². The van der Waals surface area contributed by atoms with Crippen molar-refractivity contribution < 1.29 is 24.5 Å². The molecule has 2 fully saturated rings. The molecule has 2 aliphatic carbocycles. The molecule has 2 aromatic rings. The summed E-state index contributed by atoms with van der Waals surface area (Å²) in [5, 5.41) is 21.2. The topological polar surface area (TPSA) is 105 Å². The highest BCUT2D eigenvalue weighted by molar-refractivity contribution is 5.86. The number of aliphatic hydroxyl groups is 1. The number of carboxylic acid groups (broad SMARTS) is 1. The number of aryl methyl sites for hydroxylation is 1. The number of anilines is 1. The Hall–Kier alpha value is -2.61. The van der Waals surface area contributed by atoms with E-state index in [0.717, 1.165) is 61.8 Å². The summed E-state index contributed by atoms with van der Waals surface area (Å²) in [4.78, 5) is 28.2. The van der Waals surface area contributed by atoms with E-state index in [0.29, 0.717) is 18.9 Å². The van der Waals surface area contributed by atoms with Gasteiger partial charge in [0.2, 0.25) is 0 Å². The normalized spacial score (nSPS) is 25.4. The first-order chi connectivity index (χ1) is 17.4. The number of imidazole rings is 1. The molecule has 0 saturated heterocycles. The molecule has 0 amide bonds. The summed E-state index contributed by atoms with van der Waals surface area (Å²) in [7, 11) is 3.47. The zero-order chi connectivity index (χ0) is 25.8. The molecular weight excluding hydrogens is 458 g/mol. The number of aliphatic carboxylic acids is 1. The molecule has 1 aliphatic heterocycles. The molecule has 8 nitrogen and oxygen atoms in total. The fourth-order valence-corrected chi connectivity index (χ4v) is 6.46. The van der Waals surface area contributed by atoms with Crippen LogP contribution in [0.2, 0.25) is 0 Å². The van der Waals surface area contributed by atoms with Gasteiger partial charge in [-0.3, -0.25) is 9.59 Å². The van der Waals surface area contributed by atoms with Crippen molar-refractivity contribution in [3.63, 3.8) is 0 Å². The zero-order valence-corrected chi connectivity index (χ0v) is 21.9. The molecule has 2 saturated carbocycles. The quantitative estimate of drug-likeness (QED) is 0.556. The molecule has 2 heterocycles. The van der Waals surface area contributed by atoms with Crippen LogP contribution in [-0.2, 0) is 20.7 Å². The van der Waals surface area contributed by atoms with Crippen LogP contribution in [0.1, 0.15) is 94.7 Å². The highest BCUT2D eigenvalue weighted by atomic mass is 16.5. The van der Waals surface area contributed by atoms with Crippen LogP contribution in [0.3, 0.4) is 0 Å². The average molecular weight is 500 g/mol. The fraction of sp³-hybridized carbons (Fsp3) is 0.679. The predicted molar refractivity (Wildman–Crippen MR) is 139 cm³/mol. The third kappa shape index (κ3) is 5.24. The number of fused-ring (bicyclic) bond motifs is 3. The second-order valence-electron chi connectivity index (χ2n) is 10.8. The van der Waals surface area contributed by atoms with Crippen LogP contribution in [0, 0.1) is 11.8 Å². The Morgan fingerprint density at radius 2 is 1.86 bits per heavy atom. The van der Waals surface area contributed by atoms with E-state index in [9.17, 15) is 15.0 Å². The largest absolute Gasteiger partial charge is 0.481 e. The van der Waals surface area contributed by atoms with Crippen LogP contribution in [0.25, 0.3) is 11.0 Å². The summed E-state index contributed by atoms with van der Waals surface area (Å²) in [5.74, 6) is 0.0197. The minimum absolute atomic E-state index is 0.0846. The lowest BCUT2D eigenvalue weighted by Gasteiger charge is -2.34. The first-order valence-electron chi connectivity index (χ1n) is 13.5. The van der Waals surface area contributed by atoms with Crippen LogP contribution in [0.15, 0.2) is 12.1 Å². The third-order valence-corrected chi connectivity index (χ3v) is 8.64. The average Bonchev–Trinajstić information content (AvgIpc) is 3.31. The summed E-state index contributed by atoms with van der Waals surface area (Å²) in [6.45, 7) is 2.64. The summed E-state index contributed by atoms with van der Waals surface area (Å²) < 4.78 is 6.11. The lowest BCUT2D eigenvalue weighted by molar-refractivity contribution is -0.143. The van der Waals surface area contributed by atoms with E-state index < -0.39 is 12.1 Å². The van der Waals surface area contributed by atoms with E-state index in [1.807, 2.05) is 0 Å². The number of hydrogen-bond donors (Lipinski definition) is 2. The van der Waals surface area contributed by atoms with Gasteiger partial charge in [-0.15, -0.1) is 0 Å². The number of carboxylic acids is 1. The lowest BCUT2D eigenvalue weighted by atomic mass is 9.83. The Bertz CT molecular complexity index is 1060. The molecule has 0 radical (unpaired) electrons. The van der Waals surface area contributed by atoms with Gasteiger partial charge in [0.05, 0.1) is 24.1 Å². The highest BCUT2D eigenvalue weighted by Gasteiger charge is 2.35. The van der Waals surface area contributed by atoms with Crippen LogP contribution in [-0.4, -0.2) is 52.4 Å². The maximum atomic E-state index is 11.8. The SMILES string of the molecule is CC1CCc2c(ccc3c2nc(C(O)C2CCCCC2)n3C2CCCC(C(=O)O)C2)N1C.COC=O. The number of carbonyl (C=O) groups excluding carboxylic acids is 1. The molecule has 4 atom stereocenters. The molecule has 36 heavy (non-hydrogen) atoms. The Morgan fingerprint density at radius 3 is 2.53 bits per heavy atom. The molecule has 8 heteroatoms. The number of nitrogens with zero attached hydrogens (tertiary/aromatic N) is 3. The Kier molecular flexibility index (Phi) is 8.54. The molecule has 1 aromatic carbocycles. The minimum atomic E-state index is -0.693. The maximum absolute atomic E-state index is 11.8. The number of hydrogen-bond acceptors (Lipinski definition) is 6. The first-order valence-corrected chi connectivity index (χ1v) is 13.5. The van der Waals surface area contributed by atoms with Crippen molar-refractivity contribution in [3.05, 3.63) is 23.5 Å². The van der Waals surface area contributed by atoms with Gasteiger partial charge in [0.25, 0.3) is 6.47 Å². The monoisotopic (exact) mass is 499 g/mol. The van der Waals surface area contributed by atoms with E-state index in [1.54, 1.807) is 0 Å². The molecule has 3 aliphatic rings. The van der Waals surface area contributed by atoms with Crippen molar-refractivity contribution in [3.8, 4) is 0 Å². The Balaban J connectivity index is 0.000000709. The molecule has 0 spiro atoms. The summed E-state index contributed by atoms with van der Waals surface area (Å²) in [5.41, 5.74) is 4.62. The number of rotatable bonds is 5. The van der Waals surface area contributed by atoms with Crippen molar-refractivity contribution in [2.24, 2.45) is 11.8 Å². The first kappa shape index (κ1) is 26.5. The predicted octanol–water partition coefficient (Wildman–Crippen LogP) is 5.03. The van der Waals surface area contributed by atoms with Crippen molar-refractivity contribution in [2.75, 3.05) is 19.1 Å². The maximum Gasteiger partial charge on any atom is 0.306 e. The molecule has 5 rings (SSSR count). The molecular formula is C28H41N3O5. The van der Waals surface area contributed by atoms with Crippen LogP contribution in [0.4, 0.5) is 5.69 Å². The summed E-state index contributed by atoms with van der Waals surface area (Å²) >= 11 is 0. The van der Waals surface area contributed by atoms with Crippen molar-refractivity contribution >= 4 is 29.2 Å². The van der Waals surface area contributed by atoms with Crippen molar-refractivity contribution in [2.45, 2.75) is 95.7 Å². The highest BCUT2D eigenvalue weighted by Crippen LogP contribution is 2.43. The standard InChI is InChI=1S/C26H37N3O3.C2H4O2/c1-16-11-12-20-21(28(16)2)13-14-22-23(20)27-25(24(30)17-7-4-3-5-8-17)29(22)19-10-6-9-18(15-19)26(31)32;1-4-2-3/h13-14,16-19,24,30H,3-12,15H2,1-2H3,(H,31,32);2H,1H3. The number of ether oxygens (including phenoxy) is 1. The summed E-state index contributed by atoms with van der Waals surface area (Å²) in [6.07, 6.45) is 10.4. The Labute approximate surface area is 213 Å². The second-order valence-corrected chi connectivity index (χ2v) is 10.8. The van der Waals surface area contributed by atoms with Gasteiger partial charge >= 0.3 is 5.97 Å². The smallest absolute Gasteiger partial charge is 0.306 e. The second kappa shape index (κ2) is 11.6. The molecule has 4 unspecified atom stereocenters. The van der Waals surface area contributed by atoms with Crippen LogP contribution >= 0.6 is 0 Å². The van der Waals surface area contributed by atoms with Gasteiger partial charge < -0.3 is 24.4 Å².